The van der Waals surface area contributed by atoms with Crippen molar-refractivity contribution in [3.63, 3.8) is 0 Å². The van der Waals surface area contributed by atoms with Crippen LogP contribution in [-0.2, 0) is 16.0 Å². The van der Waals surface area contributed by atoms with Gasteiger partial charge in [-0.2, -0.15) is 4.57 Å². The van der Waals surface area contributed by atoms with Crippen molar-refractivity contribution in [1.29, 1.82) is 0 Å². The maximum absolute atomic E-state index is 11.9. The first-order valence-corrected chi connectivity index (χ1v) is 15.7. The Balaban J connectivity index is 1.31. The van der Waals surface area contributed by atoms with Crippen LogP contribution in [0.15, 0.2) is 17.1 Å². The third kappa shape index (κ3) is 16.3. The maximum Gasteiger partial charge on any atom is 0.407 e. The van der Waals surface area contributed by atoms with Crippen LogP contribution in [0, 0.1) is 5.92 Å². The summed E-state index contributed by atoms with van der Waals surface area (Å²) in [5.41, 5.74) is 2.11. The van der Waals surface area contributed by atoms with Crippen molar-refractivity contribution in [2.45, 2.75) is 135 Å². The molecule has 1 saturated heterocycles. The predicted octanol–water partition coefficient (Wildman–Crippen LogP) is 7.82. The highest BCUT2D eigenvalue weighted by Gasteiger charge is 2.26. The van der Waals surface area contributed by atoms with Crippen molar-refractivity contribution in [3.05, 3.63) is 17.1 Å². The second-order valence-electron chi connectivity index (χ2n) is 10.4. The molecule has 0 saturated carbocycles. The topological polar surface area (TPSA) is 51.4 Å². The van der Waals surface area contributed by atoms with E-state index in [1.54, 1.807) is 11.3 Å². The van der Waals surface area contributed by atoms with E-state index in [1.807, 2.05) is 0 Å². The van der Waals surface area contributed by atoms with E-state index in [0.29, 0.717) is 19.1 Å². The Hall–Kier alpha value is -1.14. The average Bonchev–Trinajstić information content (AvgIpc) is 3.55. The number of thiazole rings is 1. The quantitative estimate of drug-likeness (QED) is 0.128. The summed E-state index contributed by atoms with van der Waals surface area (Å²) in [5.74, 6) is 0.638. The van der Waals surface area contributed by atoms with E-state index < -0.39 is 0 Å². The SMILES string of the molecule is CCCCCCCCCCCCCCCC[C@@H]1CO[C@@H](COC(=O)NCCCC[n+]2ccsc2)C1. The first-order valence-electron chi connectivity index (χ1n) is 14.7. The highest BCUT2D eigenvalue weighted by Crippen LogP contribution is 2.25. The average molecular weight is 510 g/mol. The third-order valence-corrected chi connectivity index (χ3v) is 7.84. The summed E-state index contributed by atoms with van der Waals surface area (Å²) in [4.78, 5) is 11.9. The number of alkyl carbamates (subject to hydrolysis) is 1. The Morgan fingerprint density at radius 3 is 2.23 bits per heavy atom. The lowest BCUT2D eigenvalue weighted by atomic mass is 9.97. The van der Waals surface area contributed by atoms with Crippen molar-refractivity contribution in [2.75, 3.05) is 19.8 Å². The summed E-state index contributed by atoms with van der Waals surface area (Å²) in [6.45, 7) is 5.16. The molecule has 0 aliphatic carbocycles. The van der Waals surface area contributed by atoms with Gasteiger partial charge in [0.1, 0.15) is 13.2 Å². The molecule has 202 valence electrons. The molecule has 1 fully saturated rings. The Morgan fingerprint density at radius 2 is 1.60 bits per heavy atom. The van der Waals surface area contributed by atoms with Crippen molar-refractivity contribution in [1.82, 2.24) is 5.32 Å². The van der Waals surface area contributed by atoms with Crippen molar-refractivity contribution < 1.29 is 18.8 Å². The Bertz CT molecular complexity index is 611. The van der Waals surface area contributed by atoms with E-state index in [2.05, 4.69) is 33.9 Å². The monoisotopic (exact) mass is 509 g/mol. The molecule has 2 heterocycles. The molecule has 0 radical (unpaired) electrons. The zero-order valence-electron chi connectivity index (χ0n) is 22.5. The number of aromatic nitrogens is 1. The van der Waals surface area contributed by atoms with Gasteiger partial charge >= 0.3 is 6.09 Å². The van der Waals surface area contributed by atoms with E-state index in [9.17, 15) is 4.79 Å². The number of carbonyl (C=O) groups excluding carboxylic acids is 1. The fourth-order valence-corrected chi connectivity index (χ4v) is 5.57. The normalized spacial score (nSPS) is 17.6. The van der Waals surface area contributed by atoms with Gasteiger partial charge in [0.25, 0.3) is 0 Å². The van der Waals surface area contributed by atoms with Gasteiger partial charge in [0.05, 0.1) is 18.1 Å². The summed E-state index contributed by atoms with van der Waals surface area (Å²) in [6, 6.07) is 0. The number of hydrogen-bond donors (Lipinski definition) is 1. The molecule has 0 spiro atoms. The van der Waals surface area contributed by atoms with Crippen LogP contribution in [0.2, 0.25) is 0 Å². The van der Waals surface area contributed by atoms with E-state index >= 15 is 0 Å². The van der Waals surface area contributed by atoms with Crippen LogP contribution in [0.4, 0.5) is 4.79 Å². The third-order valence-electron chi connectivity index (χ3n) is 7.17. The second-order valence-corrected chi connectivity index (χ2v) is 11.2. The number of carbonyl (C=O) groups is 1. The fourth-order valence-electron chi connectivity index (χ4n) is 4.94. The largest absolute Gasteiger partial charge is 0.447 e. The van der Waals surface area contributed by atoms with Gasteiger partial charge in [-0.3, -0.25) is 0 Å². The number of aryl methyl sites for hydroxylation is 1. The van der Waals surface area contributed by atoms with Gasteiger partial charge in [-0.25, -0.2) is 4.79 Å². The van der Waals surface area contributed by atoms with Crippen LogP contribution < -0.4 is 9.88 Å². The van der Waals surface area contributed by atoms with E-state index in [1.165, 1.54) is 96.3 Å². The number of rotatable bonds is 22. The smallest absolute Gasteiger partial charge is 0.407 e. The number of unbranched alkanes of at least 4 members (excludes halogenated alkanes) is 14. The first-order chi connectivity index (χ1) is 17.3. The minimum atomic E-state index is -0.313. The van der Waals surface area contributed by atoms with Crippen LogP contribution in [0.3, 0.4) is 0 Å². The predicted molar refractivity (Wildman–Crippen MR) is 146 cm³/mol. The molecule has 2 atom stereocenters. The van der Waals surface area contributed by atoms with Gasteiger partial charge in [0, 0.05) is 13.0 Å². The number of amides is 1. The van der Waals surface area contributed by atoms with Gasteiger partial charge in [0.2, 0.25) is 5.51 Å². The Morgan fingerprint density at radius 1 is 0.943 bits per heavy atom. The summed E-state index contributed by atoms with van der Waals surface area (Å²) in [7, 11) is 0. The molecular formula is C29H53N2O3S+. The molecule has 0 aromatic carbocycles. The molecule has 5 nitrogen and oxygen atoms in total. The molecule has 1 aliphatic rings. The zero-order chi connectivity index (χ0) is 24.8. The molecule has 0 unspecified atom stereocenters. The molecule has 1 aromatic rings. The van der Waals surface area contributed by atoms with Gasteiger partial charge in [0.15, 0.2) is 6.20 Å². The maximum atomic E-state index is 11.9. The minimum absolute atomic E-state index is 0.0763. The molecular weight excluding hydrogens is 456 g/mol. The fraction of sp³-hybridized carbons (Fsp3) is 0.862. The standard InChI is InChI=1S/C29H52N2O3S/c1-2-3-4-5-6-7-8-9-10-11-12-13-14-15-18-27-23-28(33-24-27)25-34-29(32)30-19-16-17-20-31-21-22-35-26-31/h21-22,26-28H,2-20,23-25H2,1H3/p+1/t27-,28+/m0/s1. The Kier molecular flexibility index (Phi) is 18.0. The number of hydrogen-bond acceptors (Lipinski definition) is 4. The van der Waals surface area contributed by atoms with Crippen LogP contribution in [0.1, 0.15) is 122 Å². The van der Waals surface area contributed by atoms with Crippen molar-refractivity contribution in [3.8, 4) is 0 Å². The summed E-state index contributed by atoms with van der Waals surface area (Å²) in [5, 5.41) is 4.93. The number of nitrogens with one attached hydrogen (secondary N) is 1. The minimum Gasteiger partial charge on any atom is -0.447 e. The lowest BCUT2D eigenvalue weighted by Gasteiger charge is -2.11. The first kappa shape index (κ1) is 30.1. The summed E-state index contributed by atoms with van der Waals surface area (Å²) < 4.78 is 13.4. The van der Waals surface area contributed by atoms with Crippen molar-refractivity contribution >= 4 is 17.4 Å². The molecule has 2 rings (SSSR count). The van der Waals surface area contributed by atoms with E-state index in [0.717, 1.165) is 32.4 Å². The molecule has 1 aromatic heterocycles. The Labute approximate surface area is 219 Å². The number of ether oxygens (including phenoxy) is 2. The van der Waals surface area contributed by atoms with Crippen LogP contribution >= 0.6 is 11.3 Å². The lowest BCUT2D eigenvalue weighted by molar-refractivity contribution is -0.692. The molecule has 35 heavy (non-hydrogen) atoms. The van der Waals surface area contributed by atoms with E-state index in [4.69, 9.17) is 9.47 Å². The van der Waals surface area contributed by atoms with Crippen LogP contribution in [-0.4, -0.2) is 32.0 Å². The van der Waals surface area contributed by atoms with Gasteiger partial charge in [-0.15, -0.1) is 0 Å². The van der Waals surface area contributed by atoms with E-state index in [-0.39, 0.29) is 12.2 Å². The number of nitrogens with zero attached hydrogens (tertiary/aromatic N) is 1. The lowest BCUT2D eigenvalue weighted by Crippen LogP contribution is -2.31. The van der Waals surface area contributed by atoms with Crippen molar-refractivity contribution in [2.24, 2.45) is 5.92 Å². The zero-order valence-corrected chi connectivity index (χ0v) is 23.3. The molecule has 1 N–H and O–H groups in total. The molecule has 1 amide bonds. The second kappa shape index (κ2) is 21.0. The highest BCUT2D eigenvalue weighted by molar-refractivity contribution is 7.07. The van der Waals surface area contributed by atoms with Gasteiger partial charge in [-0.1, -0.05) is 108 Å². The van der Waals surface area contributed by atoms with Crippen LogP contribution in [0.25, 0.3) is 0 Å². The molecule has 0 bridgehead atoms. The van der Waals surface area contributed by atoms with Gasteiger partial charge < -0.3 is 14.8 Å². The summed E-state index contributed by atoms with van der Waals surface area (Å²) >= 11 is 1.70. The molecule has 1 aliphatic heterocycles. The van der Waals surface area contributed by atoms with Crippen LogP contribution in [0.5, 0.6) is 0 Å². The highest BCUT2D eigenvalue weighted by atomic mass is 32.1. The molecule has 6 heteroatoms. The van der Waals surface area contributed by atoms with Gasteiger partial charge in [-0.05, 0) is 25.2 Å². The summed E-state index contributed by atoms with van der Waals surface area (Å²) in [6.07, 6.45) is 25.8.